The van der Waals surface area contributed by atoms with Gasteiger partial charge in [0, 0.05) is 6.42 Å². The Hall–Kier alpha value is -2.12. The number of rotatable bonds is 61. The SMILES string of the molecule is CCCCC/C=C\C/C=C\CCCCCCCCCCCC(=O)OC1C(OCC(NC(=O)C(O)CCCCCCCCCCCCCCCCCCCCCCCC)C(O)/C=C/CCCCCCCCCCCC)OC(CO)C(O)C1O. The van der Waals surface area contributed by atoms with E-state index in [2.05, 4.69) is 50.4 Å². The highest BCUT2D eigenvalue weighted by molar-refractivity contribution is 5.80. The lowest BCUT2D eigenvalue weighted by Gasteiger charge is -2.41. The molecule has 1 amide bonds. The van der Waals surface area contributed by atoms with Crippen molar-refractivity contribution in [3.05, 3.63) is 36.5 Å². The van der Waals surface area contributed by atoms with Crippen LogP contribution in [0, 0.1) is 0 Å². The quantitative estimate of drug-likeness (QED) is 0.0195. The van der Waals surface area contributed by atoms with Crippen molar-refractivity contribution in [2.45, 2.75) is 391 Å². The first-order chi connectivity index (χ1) is 40.2. The summed E-state index contributed by atoms with van der Waals surface area (Å²) in [5.74, 6) is -1.18. The van der Waals surface area contributed by atoms with Crippen molar-refractivity contribution in [3.63, 3.8) is 0 Å². The van der Waals surface area contributed by atoms with Crippen molar-refractivity contribution in [1.29, 1.82) is 0 Å². The van der Waals surface area contributed by atoms with Crippen LogP contribution >= 0.6 is 0 Å². The second-order valence-corrected chi connectivity index (χ2v) is 24.6. The van der Waals surface area contributed by atoms with Gasteiger partial charge in [-0.25, -0.2) is 0 Å². The number of nitrogens with one attached hydrogen (secondary N) is 1. The van der Waals surface area contributed by atoms with E-state index < -0.39 is 67.4 Å². The van der Waals surface area contributed by atoms with Crippen LogP contribution in [-0.4, -0.2) is 99.6 Å². The predicted molar refractivity (Wildman–Crippen MR) is 343 cm³/mol. The van der Waals surface area contributed by atoms with Gasteiger partial charge in [0.05, 0.1) is 25.4 Å². The van der Waals surface area contributed by atoms with Crippen LogP contribution in [0.4, 0.5) is 0 Å². The molecule has 1 saturated heterocycles. The number of carbonyl (C=O) groups excluding carboxylic acids is 2. The van der Waals surface area contributed by atoms with E-state index in [1.807, 2.05) is 6.08 Å². The van der Waals surface area contributed by atoms with Gasteiger partial charge >= 0.3 is 5.97 Å². The largest absolute Gasteiger partial charge is 0.454 e. The number of allylic oxidation sites excluding steroid dienone is 5. The molecule has 0 aromatic heterocycles. The molecule has 6 N–H and O–H groups in total. The smallest absolute Gasteiger partial charge is 0.306 e. The number of unbranched alkanes of at least 4 members (excludes halogenated alkanes) is 43. The molecule has 82 heavy (non-hydrogen) atoms. The van der Waals surface area contributed by atoms with Crippen LogP contribution in [-0.2, 0) is 23.8 Å². The van der Waals surface area contributed by atoms with Crippen LogP contribution in [0.1, 0.15) is 342 Å². The molecule has 0 aromatic rings. The van der Waals surface area contributed by atoms with Gasteiger partial charge in [0.1, 0.15) is 24.4 Å². The van der Waals surface area contributed by atoms with E-state index in [0.717, 1.165) is 70.6 Å². The molecule has 1 heterocycles. The zero-order valence-corrected chi connectivity index (χ0v) is 53.6. The van der Waals surface area contributed by atoms with E-state index in [4.69, 9.17) is 14.2 Å². The Morgan fingerprint density at radius 2 is 0.841 bits per heavy atom. The van der Waals surface area contributed by atoms with Gasteiger partial charge in [-0.05, 0) is 57.8 Å². The van der Waals surface area contributed by atoms with Gasteiger partial charge in [-0.2, -0.15) is 0 Å². The van der Waals surface area contributed by atoms with Gasteiger partial charge in [0.2, 0.25) is 5.91 Å². The summed E-state index contributed by atoms with van der Waals surface area (Å²) >= 11 is 0. The summed E-state index contributed by atoms with van der Waals surface area (Å²) in [6.07, 6.45) is 61.8. The van der Waals surface area contributed by atoms with E-state index in [1.165, 1.54) is 225 Å². The molecule has 0 saturated carbocycles. The molecular weight excluding hydrogens is 1030 g/mol. The number of amides is 1. The highest BCUT2D eigenvalue weighted by Gasteiger charge is 2.47. The number of ether oxygens (including phenoxy) is 3. The Morgan fingerprint density at radius 3 is 1.27 bits per heavy atom. The molecule has 0 aliphatic carbocycles. The summed E-state index contributed by atoms with van der Waals surface area (Å²) in [5.41, 5.74) is 0. The maximum absolute atomic E-state index is 13.5. The maximum Gasteiger partial charge on any atom is 0.306 e. The van der Waals surface area contributed by atoms with Gasteiger partial charge in [0.25, 0.3) is 0 Å². The Labute approximate surface area is 504 Å². The molecule has 11 nitrogen and oxygen atoms in total. The topological polar surface area (TPSA) is 175 Å². The molecular formula is C71H133NO10. The lowest BCUT2D eigenvalue weighted by molar-refractivity contribution is -0.305. The Balaban J connectivity index is 2.58. The van der Waals surface area contributed by atoms with Crippen LogP contribution in [0.2, 0.25) is 0 Å². The second kappa shape index (κ2) is 59.2. The average molecular weight is 1160 g/mol. The summed E-state index contributed by atoms with van der Waals surface area (Å²) in [4.78, 5) is 26.7. The van der Waals surface area contributed by atoms with Crippen molar-refractivity contribution in [1.82, 2.24) is 5.32 Å². The first-order valence-electron chi connectivity index (χ1n) is 35.3. The van der Waals surface area contributed by atoms with Crippen molar-refractivity contribution in [3.8, 4) is 0 Å². The fourth-order valence-corrected chi connectivity index (χ4v) is 11.2. The Bertz CT molecular complexity index is 1470. The van der Waals surface area contributed by atoms with E-state index in [9.17, 15) is 35.1 Å². The summed E-state index contributed by atoms with van der Waals surface area (Å²) in [5, 5.41) is 57.2. The van der Waals surface area contributed by atoms with Gasteiger partial charge in [0.15, 0.2) is 12.4 Å². The highest BCUT2D eigenvalue weighted by atomic mass is 16.7. The summed E-state index contributed by atoms with van der Waals surface area (Å²) < 4.78 is 17.7. The van der Waals surface area contributed by atoms with Gasteiger partial charge in [-0.15, -0.1) is 0 Å². The molecule has 0 radical (unpaired) electrons. The molecule has 8 unspecified atom stereocenters. The molecule has 0 spiro atoms. The molecule has 1 fully saturated rings. The van der Waals surface area contributed by atoms with Crippen LogP contribution in [0.25, 0.3) is 0 Å². The summed E-state index contributed by atoms with van der Waals surface area (Å²) in [6, 6.07) is -1.02. The normalized spacial score (nSPS) is 18.8. The first-order valence-corrected chi connectivity index (χ1v) is 35.3. The minimum absolute atomic E-state index is 0.121. The van der Waals surface area contributed by atoms with Crippen molar-refractivity contribution < 1.29 is 49.3 Å². The van der Waals surface area contributed by atoms with Crippen LogP contribution in [0.5, 0.6) is 0 Å². The molecule has 0 bridgehead atoms. The minimum atomic E-state index is -1.61. The number of carbonyl (C=O) groups is 2. The molecule has 11 heteroatoms. The van der Waals surface area contributed by atoms with Crippen molar-refractivity contribution in [2.24, 2.45) is 0 Å². The van der Waals surface area contributed by atoms with E-state index in [-0.39, 0.29) is 13.0 Å². The van der Waals surface area contributed by atoms with Crippen LogP contribution < -0.4 is 5.32 Å². The number of hydrogen-bond acceptors (Lipinski definition) is 10. The van der Waals surface area contributed by atoms with Gasteiger partial charge in [-0.1, -0.05) is 314 Å². The number of aliphatic hydroxyl groups is 5. The minimum Gasteiger partial charge on any atom is -0.454 e. The maximum atomic E-state index is 13.5. The molecule has 0 aromatic carbocycles. The average Bonchev–Trinajstić information content (AvgIpc) is 3.44. The zero-order chi connectivity index (χ0) is 59.6. The van der Waals surface area contributed by atoms with E-state index in [1.54, 1.807) is 6.08 Å². The molecule has 1 rings (SSSR count). The third kappa shape index (κ3) is 46.1. The van der Waals surface area contributed by atoms with E-state index in [0.29, 0.717) is 19.3 Å². The van der Waals surface area contributed by atoms with Gasteiger partial charge in [-0.3, -0.25) is 9.59 Å². The first kappa shape index (κ1) is 77.9. The summed E-state index contributed by atoms with van der Waals surface area (Å²) in [7, 11) is 0. The van der Waals surface area contributed by atoms with Crippen molar-refractivity contribution in [2.75, 3.05) is 13.2 Å². The lowest BCUT2D eigenvalue weighted by Crippen LogP contribution is -2.61. The summed E-state index contributed by atoms with van der Waals surface area (Å²) in [6.45, 7) is 5.81. The van der Waals surface area contributed by atoms with E-state index >= 15 is 0 Å². The number of aliphatic hydroxyl groups excluding tert-OH is 5. The monoisotopic (exact) mass is 1160 g/mol. The molecule has 1 aliphatic heterocycles. The van der Waals surface area contributed by atoms with Crippen LogP contribution in [0.15, 0.2) is 36.5 Å². The fraction of sp³-hybridized carbons (Fsp3) is 0.887. The Morgan fingerprint density at radius 1 is 0.476 bits per heavy atom. The van der Waals surface area contributed by atoms with Crippen LogP contribution in [0.3, 0.4) is 0 Å². The lowest BCUT2D eigenvalue weighted by atomic mass is 9.99. The standard InChI is InChI=1S/C71H133NO10/c1-4-7-10-13-16-19-22-25-27-29-31-32-33-35-36-38-40-43-46-49-52-55-58-64(75)70(79)72-62(63(74)57-54-51-48-45-42-24-21-18-15-12-9-6-3)61-80-71-69(68(78)67(77)65(60-73)81-71)82-66(76)59-56-53-50-47-44-41-39-37-34-30-28-26-23-20-17-14-11-8-5-2/h17,20,26,28,54,57,62-65,67-69,71,73-75,77-78H,4-16,18-19,21-25,27,29-53,55-56,58-61H2,1-3H3,(H,72,79)/b20-17-,28-26-,57-54+. The second-order valence-electron chi connectivity index (χ2n) is 24.6. The molecule has 8 atom stereocenters. The number of esters is 1. The van der Waals surface area contributed by atoms with Gasteiger partial charge < -0.3 is 45.1 Å². The van der Waals surface area contributed by atoms with Crippen molar-refractivity contribution >= 4 is 11.9 Å². The fourth-order valence-electron chi connectivity index (χ4n) is 11.2. The number of hydrogen-bond donors (Lipinski definition) is 6. The predicted octanol–water partition coefficient (Wildman–Crippen LogP) is 17.8. The molecule has 482 valence electrons. The zero-order valence-electron chi connectivity index (χ0n) is 53.6. The third-order valence-electron chi connectivity index (χ3n) is 16.8. The highest BCUT2D eigenvalue weighted by Crippen LogP contribution is 2.26. The third-order valence-corrected chi connectivity index (χ3v) is 16.8. The Kier molecular flexibility index (Phi) is 56.3. The molecule has 1 aliphatic rings.